The van der Waals surface area contributed by atoms with Gasteiger partial charge in [-0.2, -0.15) is 10.4 Å². The number of nitrogens with zero attached hydrogens (tertiary/aromatic N) is 3. The van der Waals surface area contributed by atoms with Crippen LogP contribution in [0.4, 0.5) is 5.69 Å². The van der Waals surface area contributed by atoms with Gasteiger partial charge in [-0.1, -0.05) is 22.9 Å². The summed E-state index contributed by atoms with van der Waals surface area (Å²) in [6.45, 7) is 2.97. The lowest BCUT2D eigenvalue weighted by atomic mass is 10.1. The molecule has 2 aromatic rings. The van der Waals surface area contributed by atoms with Gasteiger partial charge in [-0.15, -0.1) is 0 Å². The van der Waals surface area contributed by atoms with Crippen molar-refractivity contribution >= 4 is 21.6 Å². The molecular formula is C14H15BrN4. The number of nitrogens with one attached hydrogen (secondary N) is 1. The number of hydrogen-bond acceptors (Lipinski definition) is 3. The van der Waals surface area contributed by atoms with E-state index in [0.29, 0.717) is 0 Å². The summed E-state index contributed by atoms with van der Waals surface area (Å²) in [5, 5.41) is 16.7. The monoisotopic (exact) mass is 318 g/mol. The van der Waals surface area contributed by atoms with Crippen LogP contribution < -0.4 is 5.32 Å². The van der Waals surface area contributed by atoms with E-state index < -0.39 is 0 Å². The fraction of sp³-hybridized carbons (Fsp3) is 0.286. The Morgan fingerprint density at radius 2 is 2.16 bits per heavy atom. The molecule has 1 aromatic heterocycles. The zero-order valence-corrected chi connectivity index (χ0v) is 12.3. The van der Waals surface area contributed by atoms with E-state index in [2.05, 4.69) is 39.3 Å². The third-order valence-corrected chi connectivity index (χ3v) is 3.25. The van der Waals surface area contributed by atoms with Gasteiger partial charge in [0, 0.05) is 28.5 Å². The molecule has 0 fully saturated rings. The number of hydrogen-bond donors (Lipinski definition) is 1. The van der Waals surface area contributed by atoms with Crippen LogP contribution in [0, 0.1) is 11.3 Å². The standard InChI is InChI=1S/C14H15BrN4/c1-2-7-19-10-11(9-17-19)14(8-16)18-13-5-3-12(15)4-6-13/h3-6,9-10,14,18H,2,7H2,1H3. The lowest BCUT2D eigenvalue weighted by Crippen LogP contribution is -2.07. The molecule has 0 aliphatic carbocycles. The molecule has 0 saturated carbocycles. The average Bonchev–Trinajstić information content (AvgIpc) is 2.87. The molecule has 1 aromatic carbocycles. The highest BCUT2D eigenvalue weighted by atomic mass is 79.9. The number of nitriles is 1. The fourth-order valence-corrected chi connectivity index (χ4v) is 2.05. The van der Waals surface area contributed by atoms with E-state index in [4.69, 9.17) is 0 Å². The van der Waals surface area contributed by atoms with Crippen LogP contribution in [-0.2, 0) is 6.54 Å². The first-order valence-electron chi connectivity index (χ1n) is 6.17. The summed E-state index contributed by atoms with van der Waals surface area (Å²) in [6, 6.07) is 9.63. The predicted molar refractivity (Wildman–Crippen MR) is 78.6 cm³/mol. The first-order chi connectivity index (χ1) is 9.22. The number of rotatable bonds is 5. The predicted octanol–water partition coefficient (Wildman–Crippen LogP) is 3.73. The van der Waals surface area contributed by atoms with E-state index in [0.717, 1.165) is 28.7 Å². The topological polar surface area (TPSA) is 53.6 Å². The van der Waals surface area contributed by atoms with Crippen molar-refractivity contribution in [3.63, 3.8) is 0 Å². The smallest absolute Gasteiger partial charge is 0.143 e. The largest absolute Gasteiger partial charge is 0.366 e. The van der Waals surface area contributed by atoms with Gasteiger partial charge in [-0.25, -0.2) is 0 Å². The summed E-state index contributed by atoms with van der Waals surface area (Å²) >= 11 is 3.39. The first-order valence-corrected chi connectivity index (χ1v) is 6.96. The van der Waals surface area contributed by atoms with E-state index in [-0.39, 0.29) is 6.04 Å². The van der Waals surface area contributed by atoms with Crippen LogP contribution in [-0.4, -0.2) is 9.78 Å². The highest BCUT2D eigenvalue weighted by Gasteiger charge is 2.12. The van der Waals surface area contributed by atoms with Gasteiger partial charge in [-0.3, -0.25) is 4.68 Å². The minimum atomic E-state index is -0.383. The highest BCUT2D eigenvalue weighted by molar-refractivity contribution is 9.10. The molecule has 0 aliphatic rings. The summed E-state index contributed by atoms with van der Waals surface area (Å²) < 4.78 is 2.88. The molecular weight excluding hydrogens is 304 g/mol. The zero-order chi connectivity index (χ0) is 13.7. The van der Waals surface area contributed by atoms with Gasteiger partial charge in [0.15, 0.2) is 0 Å². The van der Waals surface area contributed by atoms with Crippen LogP contribution in [0.2, 0.25) is 0 Å². The fourth-order valence-electron chi connectivity index (χ4n) is 1.78. The summed E-state index contributed by atoms with van der Waals surface area (Å²) in [6.07, 6.45) is 4.69. The molecule has 1 heterocycles. The first kappa shape index (κ1) is 13.6. The van der Waals surface area contributed by atoms with Crippen LogP contribution in [0.3, 0.4) is 0 Å². The molecule has 98 valence electrons. The Labute approximate surface area is 121 Å². The number of benzene rings is 1. The second kappa shape index (κ2) is 6.39. The summed E-state index contributed by atoms with van der Waals surface area (Å²) in [5.74, 6) is 0. The molecule has 5 heteroatoms. The van der Waals surface area contributed by atoms with Crippen molar-refractivity contribution in [3.05, 3.63) is 46.7 Å². The van der Waals surface area contributed by atoms with Crippen LogP contribution in [0.15, 0.2) is 41.1 Å². The number of aromatic nitrogens is 2. The Kier molecular flexibility index (Phi) is 4.58. The van der Waals surface area contributed by atoms with Crippen LogP contribution in [0.5, 0.6) is 0 Å². The number of anilines is 1. The number of halogens is 1. The van der Waals surface area contributed by atoms with Crippen molar-refractivity contribution in [1.29, 1.82) is 5.26 Å². The van der Waals surface area contributed by atoms with E-state index in [9.17, 15) is 5.26 Å². The third kappa shape index (κ3) is 3.58. The van der Waals surface area contributed by atoms with E-state index >= 15 is 0 Å². The molecule has 0 bridgehead atoms. The van der Waals surface area contributed by atoms with Crippen molar-refractivity contribution in [1.82, 2.24) is 9.78 Å². The van der Waals surface area contributed by atoms with Gasteiger partial charge in [0.1, 0.15) is 6.04 Å². The molecule has 1 unspecified atom stereocenters. The Balaban J connectivity index is 2.11. The van der Waals surface area contributed by atoms with E-state index in [1.54, 1.807) is 6.20 Å². The SMILES string of the molecule is CCCn1cc(C(C#N)Nc2ccc(Br)cc2)cn1. The van der Waals surface area contributed by atoms with E-state index in [1.807, 2.05) is 35.1 Å². The molecule has 19 heavy (non-hydrogen) atoms. The highest BCUT2D eigenvalue weighted by Crippen LogP contribution is 2.20. The normalized spacial score (nSPS) is 11.8. The van der Waals surface area contributed by atoms with Gasteiger partial charge in [0.2, 0.25) is 0 Å². The van der Waals surface area contributed by atoms with Crippen LogP contribution in [0.1, 0.15) is 24.9 Å². The van der Waals surface area contributed by atoms with Crippen LogP contribution >= 0.6 is 15.9 Å². The minimum Gasteiger partial charge on any atom is -0.366 e. The van der Waals surface area contributed by atoms with Gasteiger partial charge < -0.3 is 5.32 Å². The lowest BCUT2D eigenvalue weighted by molar-refractivity contribution is 0.602. The van der Waals surface area contributed by atoms with Crippen molar-refractivity contribution in [2.24, 2.45) is 0 Å². The molecule has 0 saturated heterocycles. The van der Waals surface area contributed by atoms with Crippen molar-refractivity contribution < 1.29 is 0 Å². The molecule has 0 aliphatic heterocycles. The molecule has 1 atom stereocenters. The molecule has 0 spiro atoms. The van der Waals surface area contributed by atoms with Gasteiger partial charge in [-0.05, 0) is 30.7 Å². The molecule has 0 amide bonds. The maximum atomic E-state index is 9.28. The van der Waals surface area contributed by atoms with Gasteiger partial charge >= 0.3 is 0 Å². The van der Waals surface area contributed by atoms with Crippen molar-refractivity contribution in [2.75, 3.05) is 5.32 Å². The van der Waals surface area contributed by atoms with Crippen molar-refractivity contribution in [3.8, 4) is 6.07 Å². The second-order valence-corrected chi connectivity index (χ2v) is 5.17. The average molecular weight is 319 g/mol. The maximum Gasteiger partial charge on any atom is 0.143 e. The minimum absolute atomic E-state index is 0.383. The molecule has 1 N–H and O–H groups in total. The quantitative estimate of drug-likeness (QED) is 0.913. The van der Waals surface area contributed by atoms with Gasteiger partial charge in [0.25, 0.3) is 0 Å². The Morgan fingerprint density at radius 3 is 2.79 bits per heavy atom. The van der Waals surface area contributed by atoms with E-state index in [1.165, 1.54) is 0 Å². The van der Waals surface area contributed by atoms with Crippen molar-refractivity contribution in [2.45, 2.75) is 25.9 Å². The summed E-state index contributed by atoms with van der Waals surface area (Å²) in [4.78, 5) is 0. The van der Waals surface area contributed by atoms with Gasteiger partial charge in [0.05, 0.1) is 12.3 Å². The molecule has 2 rings (SSSR count). The second-order valence-electron chi connectivity index (χ2n) is 4.25. The Morgan fingerprint density at radius 1 is 1.42 bits per heavy atom. The maximum absolute atomic E-state index is 9.28. The summed E-state index contributed by atoms with van der Waals surface area (Å²) in [7, 11) is 0. The van der Waals surface area contributed by atoms with Crippen LogP contribution in [0.25, 0.3) is 0 Å². The zero-order valence-electron chi connectivity index (χ0n) is 10.7. The Bertz CT molecular complexity index is 568. The lowest BCUT2D eigenvalue weighted by Gasteiger charge is -2.11. The molecule has 0 radical (unpaired) electrons. The Hall–Kier alpha value is -1.80. The number of aryl methyl sites for hydroxylation is 1. The third-order valence-electron chi connectivity index (χ3n) is 2.72. The molecule has 4 nitrogen and oxygen atoms in total. The summed E-state index contributed by atoms with van der Waals surface area (Å²) in [5.41, 5.74) is 1.80.